The van der Waals surface area contributed by atoms with Crippen molar-refractivity contribution < 1.29 is 0 Å². The molecule has 1 unspecified atom stereocenters. The molecule has 4 rings (SSSR count). The number of rotatable bonds is 3. The summed E-state index contributed by atoms with van der Waals surface area (Å²) in [6.07, 6.45) is 5.87. The van der Waals surface area contributed by atoms with Gasteiger partial charge in [-0.2, -0.15) is 0 Å². The summed E-state index contributed by atoms with van der Waals surface area (Å²) in [6.45, 7) is 13.5. The molecule has 0 radical (unpaired) electrons. The molecule has 0 aliphatic heterocycles. The molecule has 1 aliphatic rings. The maximum atomic E-state index is 2.46. The third-order valence-corrected chi connectivity index (χ3v) is 6.40. The second-order valence-corrected chi connectivity index (χ2v) is 8.94. The lowest BCUT2D eigenvalue weighted by molar-refractivity contribution is 1.03. The van der Waals surface area contributed by atoms with Crippen LogP contribution in [0.5, 0.6) is 0 Å². The molecular weight excluding hydrogens is 360 g/mol. The standard InChI is InChI=1S/C30H32/c1-19-15-21(3)28(22(4)16-19)27-14-10-13-26(25-11-8-7-9-12-25)30(27)29-23(5)17-20(2)18-24(29)6/h7-9,11-18,30H,10H2,1-6H3. The van der Waals surface area contributed by atoms with Gasteiger partial charge in [-0.05, 0) is 98.1 Å². The highest BCUT2D eigenvalue weighted by Crippen LogP contribution is 2.48. The SMILES string of the molecule is Cc1cc(C)c(C2=CCC=C(c3ccccc3)C2c2c(C)cc(C)cc2C)c(C)c1. The van der Waals surface area contributed by atoms with Crippen molar-refractivity contribution in [3.63, 3.8) is 0 Å². The van der Waals surface area contributed by atoms with E-state index in [2.05, 4.69) is 108 Å². The molecule has 0 saturated heterocycles. The van der Waals surface area contributed by atoms with Gasteiger partial charge in [-0.3, -0.25) is 0 Å². The molecule has 0 spiro atoms. The van der Waals surface area contributed by atoms with Gasteiger partial charge in [0.15, 0.2) is 0 Å². The van der Waals surface area contributed by atoms with Crippen molar-refractivity contribution in [3.05, 3.63) is 117 Å². The summed E-state index contributed by atoms with van der Waals surface area (Å²) in [4.78, 5) is 0. The van der Waals surface area contributed by atoms with Crippen molar-refractivity contribution in [1.29, 1.82) is 0 Å². The second-order valence-electron chi connectivity index (χ2n) is 8.94. The minimum atomic E-state index is 0.252. The number of hydrogen-bond acceptors (Lipinski definition) is 0. The molecule has 0 amide bonds. The zero-order valence-corrected chi connectivity index (χ0v) is 19.1. The highest BCUT2D eigenvalue weighted by Gasteiger charge is 2.29. The lowest BCUT2D eigenvalue weighted by Crippen LogP contribution is -2.13. The first-order chi connectivity index (χ1) is 14.4. The van der Waals surface area contributed by atoms with Crippen LogP contribution in [0.15, 0.2) is 66.7 Å². The Morgan fingerprint density at radius 2 is 1.10 bits per heavy atom. The predicted octanol–water partition coefficient (Wildman–Crippen LogP) is 8.19. The number of benzene rings is 3. The van der Waals surface area contributed by atoms with Crippen LogP contribution < -0.4 is 0 Å². The minimum absolute atomic E-state index is 0.252. The molecule has 1 atom stereocenters. The van der Waals surface area contributed by atoms with Gasteiger partial charge in [0.05, 0.1) is 0 Å². The monoisotopic (exact) mass is 392 g/mol. The quantitative estimate of drug-likeness (QED) is 0.421. The van der Waals surface area contributed by atoms with E-state index in [-0.39, 0.29) is 5.92 Å². The summed E-state index contributed by atoms with van der Waals surface area (Å²) in [5, 5.41) is 0. The Balaban J connectivity index is 1.98. The molecule has 152 valence electrons. The second kappa shape index (κ2) is 8.11. The van der Waals surface area contributed by atoms with Crippen molar-refractivity contribution >= 4 is 11.1 Å². The summed E-state index contributed by atoms with van der Waals surface area (Å²) in [6, 6.07) is 20.3. The van der Waals surface area contributed by atoms with Crippen LogP contribution in [-0.2, 0) is 0 Å². The molecule has 0 aromatic heterocycles. The molecule has 3 aromatic rings. The van der Waals surface area contributed by atoms with Crippen molar-refractivity contribution in [2.24, 2.45) is 0 Å². The van der Waals surface area contributed by atoms with Crippen LogP contribution in [0.25, 0.3) is 11.1 Å². The lowest BCUT2D eigenvalue weighted by Gasteiger charge is -2.32. The smallest absolute Gasteiger partial charge is 0.0351 e. The van der Waals surface area contributed by atoms with Crippen LogP contribution in [-0.4, -0.2) is 0 Å². The Morgan fingerprint density at radius 1 is 0.600 bits per heavy atom. The van der Waals surface area contributed by atoms with Gasteiger partial charge in [0.25, 0.3) is 0 Å². The molecule has 0 nitrogen and oxygen atoms in total. The Bertz CT molecular complexity index is 1110. The zero-order chi connectivity index (χ0) is 21.4. The average Bonchev–Trinajstić information content (AvgIpc) is 2.68. The van der Waals surface area contributed by atoms with Crippen molar-refractivity contribution in [2.45, 2.75) is 53.9 Å². The van der Waals surface area contributed by atoms with Gasteiger partial charge in [0.2, 0.25) is 0 Å². The van der Waals surface area contributed by atoms with E-state index in [1.807, 2.05) is 0 Å². The van der Waals surface area contributed by atoms with Gasteiger partial charge in [-0.15, -0.1) is 0 Å². The minimum Gasteiger partial charge on any atom is -0.0759 e. The predicted molar refractivity (Wildman–Crippen MR) is 131 cm³/mol. The number of allylic oxidation sites excluding steroid dienone is 4. The third kappa shape index (κ3) is 3.67. The molecule has 0 N–H and O–H groups in total. The maximum Gasteiger partial charge on any atom is 0.0351 e. The van der Waals surface area contributed by atoms with Crippen LogP contribution >= 0.6 is 0 Å². The van der Waals surface area contributed by atoms with E-state index in [4.69, 9.17) is 0 Å². The van der Waals surface area contributed by atoms with Gasteiger partial charge in [-0.25, -0.2) is 0 Å². The van der Waals surface area contributed by atoms with Gasteiger partial charge < -0.3 is 0 Å². The molecule has 0 saturated carbocycles. The van der Waals surface area contributed by atoms with E-state index in [0.29, 0.717) is 0 Å². The van der Waals surface area contributed by atoms with Crippen molar-refractivity contribution in [1.82, 2.24) is 0 Å². The van der Waals surface area contributed by atoms with E-state index < -0.39 is 0 Å². The highest BCUT2D eigenvalue weighted by atomic mass is 14.3. The van der Waals surface area contributed by atoms with E-state index in [0.717, 1.165) is 6.42 Å². The summed E-state index contributed by atoms with van der Waals surface area (Å²) in [5.74, 6) is 0.252. The summed E-state index contributed by atoms with van der Waals surface area (Å²) < 4.78 is 0. The fourth-order valence-electron chi connectivity index (χ4n) is 5.47. The topological polar surface area (TPSA) is 0 Å². The Labute approximate surface area is 182 Å². The Morgan fingerprint density at radius 3 is 1.67 bits per heavy atom. The normalized spacial score (nSPS) is 16.3. The Hall–Kier alpha value is -2.86. The molecule has 0 heterocycles. The van der Waals surface area contributed by atoms with E-state index in [1.54, 1.807) is 0 Å². The molecule has 30 heavy (non-hydrogen) atoms. The van der Waals surface area contributed by atoms with Gasteiger partial charge >= 0.3 is 0 Å². The average molecular weight is 393 g/mol. The fraction of sp³-hybridized carbons (Fsp3) is 0.267. The first-order valence-electron chi connectivity index (χ1n) is 11.0. The third-order valence-electron chi connectivity index (χ3n) is 6.40. The first kappa shape index (κ1) is 20.4. The van der Waals surface area contributed by atoms with E-state index in [9.17, 15) is 0 Å². The first-order valence-corrected chi connectivity index (χ1v) is 11.0. The highest BCUT2D eigenvalue weighted by molar-refractivity contribution is 5.92. The molecular formula is C30H32. The largest absolute Gasteiger partial charge is 0.0759 e. The van der Waals surface area contributed by atoms with Crippen LogP contribution in [0, 0.1) is 41.5 Å². The Kier molecular flexibility index (Phi) is 5.52. The van der Waals surface area contributed by atoms with Crippen LogP contribution in [0.4, 0.5) is 0 Å². The summed E-state index contributed by atoms with van der Waals surface area (Å²) >= 11 is 0. The van der Waals surface area contributed by atoms with Gasteiger partial charge in [0, 0.05) is 5.92 Å². The van der Waals surface area contributed by atoms with E-state index in [1.165, 1.54) is 61.2 Å². The van der Waals surface area contributed by atoms with Crippen LogP contribution in [0.2, 0.25) is 0 Å². The van der Waals surface area contributed by atoms with Gasteiger partial charge in [0.1, 0.15) is 0 Å². The fourth-order valence-corrected chi connectivity index (χ4v) is 5.47. The number of aryl methyl sites for hydroxylation is 6. The van der Waals surface area contributed by atoms with Crippen molar-refractivity contribution in [3.8, 4) is 0 Å². The lowest BCUT2D eigenvalue weighted by atomic mass is 9.71. The van der Waals surface area contributed by atoms with Crippen LogP contribution in [0.3, 0.4) is 0 Å². The molecule has 0 heteroatoms. The molecule has 1 aliphatic carbocycles. The van der Waals surface area contributed by atoms with Gasteiger partial charge in [-0.1, -0.05) is 77.9 Å². The molecule has 3 aromatic carbocycles. The maximum absolute atomic E-state index is 2.46. The van der Waals surface area contributed by atoms with E-state index >= 15 is 0 Å². The molecule has 0 fully saturated rings. The number of hydrogen-bond donors (Lipinski definition) is 0. The van der Waals surface area contributed by atoms with Crippen LogP contribution in [0.1, 0.15) is 62.4 Å². The summed E-state index contributed by atoms with van der Waals surface area (Å²) in [5.41, 5.74) is 15.3. The zero-order valence-electron chi connectivity index (χ0n) is 19.1. The summed E-state index contributed by atoms with van der Waals surface area (Å²) in [7, 11) is 0. The van der Waals surface area contributed by atoms with Crippen molar-refractivity contribution in [2.75, 3.05) is 0 Å². The molecule has 0 bridgehead atoms.